The van der Waals surface area contributed by atoms with Gasteiger partial charge in [0, 0.05) is 30.5 Å². The number of aliphatic hydroxyl groups is 4. The maximum atomic E-state index is 12.5. The smallest absolute Gasteiger partial charge is 0.145 e. The van der Waals surface area contributed by atoms with E-state index in [0.29, 0.717) is 63.1 Å². The normalized spacial score (nSPS) is 32.7. The van der Waals surface area contributed by atoms with Crippen LogP contribution in [0.5, 0.6) is 0 Å². The second kappa shape index (κ2) is 19.4. The van der Waals surface area contributed by atoms with E-state index in [9.17, 15) is 25.2 Å². The molecule has 3 aliphatic rings. The molecule has 2 aliphatic carbocycles. The van der Waals surface area contributed by atoms with Gasteiger partial charge in [0.15, 0.2) is 0 Å². The van der Waals surface area contributed by atoms with Gasteiger partial charge in [0.05, 0.1) is 18.3 Å². The first kappa shape index (κ1) is 41.1. The third kappa shape index (κ3) is 9.85. The fourth-order valence-electron chi connectivity index (χ4n) is 9.27. The van der Waals surface area contributed by atoms with Gasteiger partial charge in [0.25, 0.3) is 0 Å². The standard InChI is InChI=1S/C43H64N2O6/c1-30-14-15-36(25-35-11-7-10-34(24-35)23-33(4)45-26-30)31(2)9-6-12-37(28-51-29-48)39-17-19-43(41(39)49)40(13-8-22-46)38(32(3)27-47)16-18-42(43,50)20-21-44-5/h6-7,9-12,14,24,27,33,36,39-41,44-46,48-50H,2,8,13,15-23,25-26,28-29H2,1,3-5H3/b9-6+,30-14+,37-12-,38-32-/t33-,36+,39-,40-,41+,42-,43+/m0/s1. The summed E-state index contributed by atoms with van der Waals surface area (Å²) in [5.74, 6) is -0.375. The molecule has 7 atom stereocenters. The molecule has 2 fully saturated rings. The van der Waals surface area contributed by atoms with Crippen LogP contribution in [0, 0.1) is 23.2 Å². The maximum Gasteiger partial charge on any atom is 0.145 e. The zero-order valence-electron chi connectivity index (χ0n) is 31.5. The molecule has 1 spiro atoms. The molecule has 2 saturated carbocycles. The molecule has 0 radical (unpaired) electrons. The molecule has 282 valence electrons. The Bertz CT molecular complexity index is 1450. The molecule has 51 heavy (non-hydrogen) atoms. The highest BCUT2D eigenvalue weighted by molar-refractivity contribution is 5.74. The number of aldehydes is 1. The topological polar surface area (TPSA) is 131 Å². The van der Waals surface area contributed by atoms with Gasteiger partial charge in [-0.1, -0.05) is 71.9 Å². The summed E-state index contributed by atoms with van der Waals surface area (Å²) >= 11 is 0. The highest BCUT2D eigenvalue weighted by atomic mass is 16.6. The van der Waals surface area contributed by atoms with Gasteiger partial charge in [0.1, 0.15) is 13.1 Å². The summed E-state index contributed by atoms with van der Waals surface area (Å²) in [5, 5.41) is 51.4. The molecule has 4 rings (SSSR count). The average Bonchev–Trinajstić information content (AvgIpc) is 3.46. The molecular formula is C43H64N2O6. The molecule has 1 aromatic carbocycles. The van der Waals surface area contributed by atoms with Crippen LogP contribution in [0.1, 0.15) is 83.3 Å². The van der Waals surface area contributed by atoms with Crippen LogP contribution in [0.15, 0.2) is 83.0 Å². The molecule has 8 heteroatoms. The number of rotatable bonds is 14. The lowest BCUT2D eigenvalue weighted by molar-refractivity contribution is -0.180. The maximum absolute atomic E-state index is 12.5. The van der Waals surface area contributed by atoms with Crippen molar-refractivity contribution in [3.63, 3.8) is 0 Å². The van der Waals surface area contributed by atoms with Crippen molar-refractivity contribution in [2.45, 2.75) is 103 Å². The molecule has 2 bridgehead atoms. The van der Waals surface area contributed by atoms with Crippen molar-refractivity contribution in [3.8, 4) is 0 Å². The number of nitrogens with one attached hydrogen (secondary N) is 2. The number of aliphatic hydroxyl groups excluding tert-OH is 3. The van der Waals surface area contributed by atoms with Crippen LogP contribution in [0.25, 0.3) is 0 Å². The summed E-state index contributed by atoms with van der Waals surface area (Å²) in [6.07, 6.45) is 14.8. The number of carbonyl (C=O) groups is 1. The fourth-order valence-corrected chi connectivity index (χ4v) is 9.27. The van der Waals surface area contributed by atoms with Crippen molar-refractivity contribution in [1.82, 2.24) is 10.6 Å². The largest absolute Gasteiger partial charge is 0.396 e. The van der Waals surface area contributed by atoms with Crippen LogP contribution >= 0.6 is 0 Å². The third-order valence-electron chi connectivity index (χ3n) is 12.1. The Morgan fingerprint density at radius 2 is 1.96 bits per heavy atom. The molecule has 0 amide bonds. The Morgan fingerprint density at radius 3 is 2.67 bits per heavy atom. The summed E-state index contributed by atoms with van der Waals surface area (Å²) in [5.41, 5.74) is 5.36. The molecule has 1 aliphatic heterocycles. The Labute approximate surface area is 306 Å². The molecule has 8 nitrogen and oxygen atoms in total. The van der Waals surface area contributed by atoms with Gasteiger partial charge in [-0.2, -0.15) is 0 Å². The van der Waals surface area contributed by atoms with E-state index in [1.807, 2.05) is 26.1 Å². The summed E-state index contributed by atoms with van der Waals surface area (Å²) in [7, 11) is 1.86. The first-order valence-electron chi connectivity index (χ1n) is 19.1. The van der Waals surface area contributed by atoms with Crippen molar-refractivity contribution in [1.29, 1.82) is 0 Å². The van der Waals surface area contributed by atoms with Crippen LogP contribution in [0.4, 0.5) is 0 Å². The van der Waals surface area contributed by atoms with Crippen LogP contribution in [-0.4, -0.2) is 84.6 Å². The van der Waals surface area contributed by atoms with Gasteiger partial charge in [-0.05, 0) is 133 Å². The lowest BCUT2D eigenvalue weighted by Gasteiger charge is -2.57. The number of fused-ring (bicyclic) bond motifs is 2. The molecule has 6 N–H and O–H groups in total. The lowest BCUT2D eigenvalue weighted by Crippen LogP contribution is -2.61. The molecule has 0 saturated heterocycles. The lowest BCUT2D eigenvalue weighted by atomic mass is 9.51. The van der Waals surface area contributed by atoms with E-state index in [1.165, 1.54) is 16.7 Å². The Balaban J connectivity index is 1.66. The number of ether oxygens (including phenoxy) is 1. The van der Waals surface area contributed by atoms with Gasteiger partial charge in [-0.15, -0.1) is 0 Å². The third-order valence-corrected chi connectivity index (χ3v) is 12.1. The summed E-state index contributed by atoms with van der Waals surface area (Å²) in [4.78, 5) is 12.1. The number of allylic oxidation sites excluding steroid dienone is 7. The van der Waals surface area contributed by atoms with E-state index in [2.05, 4.69) is 67.5 Å². The second-order valence-corrected chi connectivity index (χ2v) is 15.4. The van der Waals surface area contributed by atoms with E-state index in [1.54, 1.807) is 0 Å². The summed E-state index contributed by atoms with van der Waals surface area (Å²) in [6, 6.07) is 9.26. The van der Waals surface area contributed by atoms with Crippen LogP contribution in [0.3, 0.4) is 0 Å². The van der Waals surface area contributed by atoms with Crippen molar-refractivity contribution < 1.29 is 30.0 Å². The van der Waals surface area contributed by atoms with Crippen molar-refractivity contribution in [2.24, 2.45) is 23.2 Å². The van der Waals surface area contributed by atoms with E-state index in [4.69, 9.17) is 4.74 Å². The first-order valence-corrected chi connectivity index (χ1v) is 19.1. The van der Waals surface area contributed by atoms with Gasteiger partial charge in [-0.25, -0.2) is 0 Å². The van der Waals surface area contributed by atoms with Crippen molar-refractivity contribution >= 4 is 6.29 Å². The van der Waals surface area contributed by atoms with E-state index < -0.39 is 23.9 Å². The Kier molecular flexibility index (Phi) is 15.6. The monoisotopic (exact) mass is 704 g/mol. The minimum Gasteiger partial charge on any atom is -0.396 e. The number of benzene rings is 1. The Morgan fingerprint density at radius 1 is 1.20 bits per heavy atom. The molecule has 0 aromatic heterocycles. The molecule has 0 unspecified atom stereocenters. The summed E-state index contributed by atoms with van der Waals surface area (Å²) in [6.45, 7) is 11.9. The molecule has 1 heterocycles. The predicted octanol–water partition coefficient (Wildman–Crippen LogP) is 5.52. The molecule has 1 aromatic rings. The number of carbonyl (C=O) groups excluding carboxylic acids is 1. The Hall–Kier alpha value is -2.69. The van der Waals surface area contributed by atoms with Gasteiger partial charge in [0.2, 0.25) is 0 Å². The van der Waals surface area contributed by atoms with Gasteiger partial charge >= 0.3 is 0 Å². The van der Waals surface area contributed by atoms with Crippen molar-refractivity contribution in [2.75, 3.05) is 40.1 Å². The van der Waals surface area contributed by atoms with Crippen LogP contribution in [0.2, 0.25) is 0 Å². The van der Waals surface area contributed by atoms with Crippen LogP contribution < -0.4 is 10.6 Å². The second-order valence-electron chi connectivity index (χ2n) is 15.4. The highest BCUT2D eigenvalue weighted by Crippen LogP contribution is 2.64. The first-order chi connectivity index (χ1) is 24.5. The quantitative estimate of drug-likeness (QED) is 0.0491. The van der Waals surface area contributed by atoms with E-state index in [0.717, 1.165) is 48.8 Å². The number of hydrogen-bond acceptors (Lipinski definition) is 8. The minimum absolute atomic E-state index is 0.00345. The van der Waals surface area contributed by atoms with Crippen molar-refractivity contribution in [3.05, 3.63) is 94.1 Å². The summed E-state index contributed by atoms with van der Waals surface area (Å²) < 4.78 is 5.56. The minimum atomic E-state index is -1.17. The van der Waals surface area contributed by atoms with E-state index in [-0.39, 0.29) is 31.0 Å². The van der Waals surface area contributed by atoms with Gasteiger partial charge < -0.3 is 35.8 Å². The van der Waals surface area contributed by atoms with Crippen LogP contribution in [-0.2, 0) is 22.4 Å². The van der Waals surface area contributed by atoms with Gasteiger partial charge in [-0.3, -0.25) is 4.79 Å². The van der Waals surface area contributed by atoms with E-state index >= 15 is 0 Å². The highest BCUT2D eigenvalue weighted by Gasteiger charge is 2.65. The zero-order chi connectivity index (χ0) is 37.0. The average molecular weight is 705 g/mol. The number of hydrogen-bond donors (Lipinski definition) is 6. The zero-order valence-corrected chi connectivity index (χ0v) is 31.5. The SMILES string of the molecule is C=C(/C=C/C=C(/COCO)[C@@H]1CC[C@]2([C@@H]1O)[C@@H](CCCO)/C(=C(/C)C=O)CC[C@]2(O)CCNC)[C@@H]1C/C=C(\C)CN[C@@H](C)Cc2cccc(c2)C1. The fraction of sp³-hybridized carbons (Fsp3) is 0.605. The predicted molar refractivity (Wildman–Crippen MR) is 205 cm³/mol. The molecular weight excluding hydrogens is 640 g/mol.